The summed E-state index contributed by atoms with van der Waals surface area (Å²) in [4.78, 5) is 30.1. The lowest BCUT2D eigenvalue weighted by atomic mass is 9.98. The number of likely N-dealkylation sites (tertiary alicyclic amines) is 2. The van der Waals surface area contributed by atoms with Gasteiger partial charge in [-0.3, -0.25) is 9.59 Å². The van der Waals surface area contributed by atoms with Crippen LogP contribution in [-0.4, -0.2) is 56.7 Å². The van der Waals surface area contributed by atoms with Gasteiger partial charge in [0.05, 0.1) is 50.9 Å². The van der Waals surface area contributed by atoms with Crippen molar-refractivity contribution in [3.63, 3.8) is 0 Å². The molecular weight excluding hydrogens is 354 g/mol. The molecule has 3 aliphatic heterocycles. The minimum Gasteiger partial charge on any atom is -0.494 e. The van der Waals surface area contributed by atoms with Gasteiger partial charge in [0.2, 0.25) is 5.91 Å². The van der Waals surface area contributed by atoms with E-state index in [-0.39, 0.29) is 17.9 Å². The topological polar surface area (TPSA) is 55.5 Å². The Hall–Kier alpha value is -1.92. The molecular formula is C22H33N3O3+2. The van der Waals surface area contributed by atoms with E-state index in [1.807, 2.05) is 31.2 Å². The first-order chi connectivity index (χ1) is 13.7. The summed E-state index contributed by atoms with van der Waals surface area (Å²) in [6, 6.07) is 7.81. The number of nitrogens with one attached hydrogen (secondary N) is 2. The van der Waals surface area contributed by atoms with Gasteiger partial charge in [-0.15, -0.1) is 0 Å². The summed E-state index contributed by atoms with van der Waals surface area (Å²) in [5.41, 5.74) is 0.660. The van der Waals surface area contributed by atoms with Crippen molar-refractivity contribution >= 4 is 17.5 Å². The second kappa shape index (κ2) is 8.62. The Morgan fingerprint density at radius 3 is 2.29 bits per heavy atom. The lowest BCUT2D eigenvalue weighted by Crippen LogP contribution is -3.22. The number of piperidine rings is 2. The Morgan fingerprint density at radius 2 is 1.64 bits per heavy atom. The van der Waals surface area contributed by atoms with Crippen LogP contribution in [0.5, 0.6) is 5.75 Å². The lowest BCUT2D eigenvalue weighted by molar-refractivity contribution is -0.965. The highest BCUT2D eigenvalue weighted by Gasteiger charge is 2.47. The molecule has 3 aliphatic rings. The fraction of sp³-hybridized carbons (Fsp3) is 0.636. The Kier molecular flexibility index (Phi) is 5.97. The third-order valence-corrected chi connectivity index (χ3v) is 6.75. The Bertz CT molecular complexity index is 691. The van der Waals surface area contributed by atoms with Crippen LogP contribution >= 0.6 is 0 Å². The average Bonchev–Trinajstić information content (AvgIpc) is 3.04. The molecule has 4 rings (SSSR count). The summed E-state index contributed by atoms with van der Waals surface area (Å²) in [5, 5.41) is 0. The molecule has 28 heavy (non-hydrogen) atoms. The van der Waals surface area contributed by atoms with Gasteiger partial charge in [-0.05, 0) is 50.5 Å². The van der Waals surface area contributed by atoms with Crippen molar-refractivity contribution in [2.24, 2.45) is 0 Å². The molecule has 6 nitrogen and oxygen atoms in total. The molecule has 1 atom stereocenters. The van der Waals surface area contributed by atoms with Gasteiger partial charge in [0.15, 0.2) is 6.04 Å². The van der Waals surface area contributed by atoms with Crippen molar-refractivity contribution < 1.29 is 24.1 Å². The normalized spacial score (nSPS) is 29.3. The van der Waals surface area contributed by atoms with Crippen molar-refractivity contribution in [1.82, 2.24) is 0 Å². The fourth-order valence-corrected chi connectivity index (χ4v) is 5.24. The zero-order valence-corrected chi connectivity index (χ0v) is 16.9. The van der Waals surface area contributed by atoms with E-state index < -0.39 is 0 Å². The number of quaternary nitrogens is 2. The highest BCUT2D eigenvalue weighted by atomic mass is 16.5. The van der Waals surface area contributed by atoms with Crippen LogP contribution in [0.4, 0.5) is 5.69 Å². The van der Waals surface area contributed by atoms with E-state index in [1.54, 1.807) is 4.90 Å². The average molecular weight is 388 g/mol. The van der Waals surface area contributed by atoms with Gasteiger partial charge in [-0.2, -0.15) is 0 Å². The smallest absolute Gasteiger partial charge is 0.292 e. The second-order valence-electron chi connectivity index (χ2n) is 8.40. The van der Waals surface area contributed by atoms with E-state index in [9.17, 15) is 9.59 Å². The largest absolute Gasteiger partial charge is 0.494 e. The number of benzene rings is 1. The number of carbonyl (C=O) groups excluding carboxylic acids is 2. The van der Waals surface area contributed by atoms with Crippen LogP contribution in [0.3, 0.4) is 0 Å². The number of hydrogen-bond donors (Lipinski definition) is 2. The Labute approximate surface area is 167 Å². The molecule has 3 saturated heterocycles. The SMILES string of the molecule is CCOc1ccc(N2C(=O)C[C@H]([NH+]3CCC([NH+]4CCCCC4)CC3)C2=O)cc1. The number of nitrogens with zero attached hydrogens (tertiary/aromatic N) is 1. The van der Waals surface area contributed by atoms with E-state index >= 15 is 0 Å². The number of carbonyl (C=O) groups is 2. The molecule has 0 bridgehead atoms. The molecule has 1 aromatic rings. The Morgan fingerprint density at radius 1 is 0.964 bits per heavy atom. The van der Waals surface area contributed by atoms with Gasteiger partial charge in [0, 0.05) is 12.8 Å². The monoisotopic (exact) mass is 387 g/mol. The van der Waals surface area contributed by atoms with Gasteiger partial charge < -0.3 is 14.5 Å². The summed E-state index contributed by atoms with van der Waals surface area (Å²) in [6.07, 6.45) is 6.78. The van der Waals surface area contributed by atoms with Crippen molar-refractivity contribution in [2.75, 3.05) is 37.7 Å². The molecule has 0 radical (unpaired) electrons. The maximum atomic E-state index is 13.1. The molecule has 3 fully saturated rings. The molecule has 3 heterocycles. The molecule has 2 amide bonds. The van der Waals surface area contributed by atoms with Gasteiger partial charge in [0.1, 0.15) is 5.75 Å². The maximum Gasteiger partial charge on any atom is 0.292 e. The van der Waals surface area contributed by atoms with E-state index in [1.165, 1.54) is 55.0 Å². The first-order valence-electron chi connectivity index (χ1n) is 11.0. The van der Waals surface area contributed by atoms with Crippen LogP contribution in [0.1, 0.15) is 45.4 Å². The highest BCUT2D eigenvalue weighted by molar-refractivity contribution is 6.21. The quantitative estimate of drug-likeness (QED) is 0.690. The molecule has 0 aliphatic carbocycles. The van der Waals surface area contributed by atoms with Crippen LogP contribution in [0, 0.1) is 0 Å². The molecule has 0 unspecified atom stereocenters. The number of imide groups is 1. The number of amides is 2. The lowest BCUT2D eigenvalue weighted by Gasteiger charge is -2.37. The van der Waals surface area contributed by atoms with Crippen molar-refractivity contribution in [1.29, 1.82) is 0 Å². The maximum absolute atomic E-state index is 13.1. The van der Waals surface area contributed by atoms with Crippen molar-refractivity contribution in [3.05, 3.63) is 24.3 Å². The van der Waals surface area contributed by atoms with Crippen molar-refractivity contribution in [3.8, 4) is 5.75 Å². The zero-order valence-electron chi connectivity index (χ0n) is 16.9. The minimum absolute atomic E-state index is 0.0343. The Balaban J connectivity index is 1.37. The van der Waals surface area contributed by atoms with Crippen LogP contribution in [0.25, 0.3) is 0 Å². The minimum atomic E-state index is -0.212. The third kappa shape index (κ3) is 3.94. The van der Waals surface area contributed by atoms with Crippen molar-refractivity contribution in [2.45, 2.75) is 57.5 Å². The summed E-state index contributed by atoms with van der Waals surface area (Å²) in [7, 11) is 0. The number of anilines is 1. The summed E-state index contributed by atoms with van der Waals surface area (Å²) in [5.74, 6) is 0.651. The van der Waals surface area contributed by atoms with Crippen LogP contribution in [0.15, 0.2) is 24.3 Å². The van der Waals surface area contributed by atoms with Crippen LogP contribution < -0.4 is 19.4 Å². The van der Waals surface area contributed by atoms with E-state index in [4.69, 9.17) is 4.74 Å². The molecule has 0 saturated carbocycles. The predicted molar refractivity (Wildman–Crippen MR) is 107 cm³/mol. The standard InChI is InChI=1S/C22H31N3O3/c1-2-28-19-8-6-18(7-9-19)25-21(26)16-20(22(25)27)24-14-10-17(11-15-24)23-12-4-3-5-13-23/h6-9,17,20H,2-5,10-16H2,1H3/p+2/t20-/m0/s1. The number of hydrogen-bond acceptors (Lipinski definition) is 3. The van der Waals surface area contributed by atoms with E-state index in [0.717, 1.165) is 24.9 Å². The second-order valence-corrected chi connectivity index (χ2v) is 8.40. The van der Waals surface area contributed by atoms with Gasteiger partial charge in [-0.1, -0.05) is 0 Å². The van der Waals surface area contributed by atoms with E-state index in [0.29, 0.717) is 18.7 Å². The molecule has 6 heteroatoms. The highest BCUT2D eigenvalue weighted by Crippen LogP contribution is 2.24. The van der Waals surface area contributed by atoms with Crippen LogP contribution in [-0.2, 0) is 9.59 Å². The number of rotatable bonds is 5. The fourth-order valence-electron chi connectivity index (χ4n) is 5.24. The number of ether oxygens (including phenoxy) is 1. The molecule has 2 N–H and O–H groups in total. The van der Waals surface area contributed by atoms with Gasteiger partial charge in [0.25, 0.3) is 5.91 Å². The van der Waals surface area contributed by atoms with E-state index in [2.05, 4.69) is 0 Å². The first kappa shape index (κ1) is 19.4. The zero-order chi connectivity index (χ0) is 19.5. The molecule has 0 spiro atoms. The van der Waals surface area contributed by atoms with Crippen LogP contribution in [0.2, 0.25) is 0 Å². The van der Waals surface area contributed by atoms with Gasteiger partial charge >= 0.3 is 0 Å². The van der Waals surface area contributed by atoms with Gasteiger partial charge in [-0.25, -0.2) is 4.90 Å². The summed E-state index contributed by atoms with van der Waals surface area (Å²) >= 11 is 0. The molecule has 1 aromatic carbocycles. The summed E-state index contributed by atoms with van der Waals surface area (Å²) in [6.45, 7) is 7.18. The molecule has 0 aromatic heterocycles. The third-order valence-electron chi connectivity index (χ3n) is 6.75. The molecule has 152 valence electrons. The predicted octanol–water partition coefficient (Wildman–Crippen LogP) is -0.167. The summed E-state index contributed by atoms with van der Waals surface area (Å²) < 4.78 is 5.46. The first-order valence-corrected chi connectivity index (χ1v) is 11.0.